The molecule has 2 heterocycles. The van der Waals surface area contributed by atoms with E-state index in [2.05, 4.69) is 24.0 Å². The summed E-state index contributed by atoms with van der Waals surface area (Å²) >= 11 is 0. The van der Waals surface area contributed by atoms with Gasteiger partial charge in [0.05, 0.1) is 17.5 Å². The van der Waals surface area contributed by atoms with Gasteiger partial charge < -0.3 is 9.64 Å². The predicted octanol–water partition coefficient (Wildman–Crippen LogP) is 3.59. The van der Waals surface area contributed by atoms with Crippen LogP contribution >= 0.6 is 0 Å². The number of fused-ring (bicyclic) bond motifs is 2. The molecule has 0 unspecified atom stereocenters. The van der Waals surface area contributed by atoms with Crippen LogP contribution in [0.15, 0.2) is 35.2 Å². The van der Waals surface area contributed by atoms with Gasteiger partial charge in [-0.15, -0.1) is 0 Å². The highest BCUT2D eigenvalue weighted by Gasteiger charge is 2.34. The van der Waals surface area contributed by atoms with Gasteiger partial charge in [-0.25, -0.2) is 12.4 Å². The average Bonchev–Trinajstić information content (AvgIpc) is 2.90. The minimum Gasteiger partial charge on any atom is -0.497 e. The largest absolute Gasteiger partial charge is 0.497 e. The molecule has 4 rings (SSSR count). The second-order valence-electron chi connectivity index (χ2n) is 7.46. The lowest BCUT2D eigenvalue weighted by Gasteiger charge is -2.22. The third-order valence-electron chi connectivity index (χ3n) is 5.33. The lowest BCUT2D eigenvalue weighted by molar-refractivity contribution is 0.414. The van der Waals surface area contributed by atoms with Crippen LogP contribution in [0.4, 0.5) is 0 Å². The molecule has 6 heteroatoms. The second-order valence-corrected chi connectivity index (χ2v) is 9.21. The number of benzene rings is 2. The molecular formula is C21H24N2O3S. The lowest BCUT2D eigenvalue weighted by atomic mass is 9.97. The van der Waals surface area contributed by atoms with Gasteiger partial charge in [-0.3, -0.25) is 0 Å². The fraction of sp³-hybridized carbons (Fsp3) is 0.333. The number of rotatable bonds is 4. The zero-order valence-electron chi connectivity index (χ0n) is 16.3. The molecule has 27 heavy (non-hydrogen) atoms. The Morgan fingerprint density at radius 2 is 1.81 bits per heavy atom. The summed E-state index contributed by atoms with van der Waals surface area (Å²) < 4.78 is 33.8. The van der Waals surface area contributed by atoms with E-state index >= 15 is 0 Å². The highest BCUT2D eigenvalue weighted by molar-refractivity contribution is 7.90. The van der Waals surface area contributed by atoms with Crippen molar-refractivity contribution in [3.8, 4) is 16.9 Å². The molecular weight excluding hydrogens is 360 g/mol. The molecule has 1 aromatic heterocycles. The predicted molar refractivity (Wildman–Crippen MR) is 108 cm³/mol. The van der Waals surface area contributed by atoms with Crippen molar-refractivity contribution < 1.29 is 13.2 Å². The Hall–Kier alpha value is -2.31. The molecule has 0 saturated heterocycles. The molecule has 0 radical (unpaired) electrons. The lowest BCUT2D eigenvalue weighted by Crippen LogP contribution is -2.19. The summed E-state index contributed by atoms with van der Waals surface area (Å²) in [7, 11) is 2.01. The smallest absolute Gasteiger partial charge is 0.269 e. The van der Waals surface area contributed by atoms with Crippen LogP contribution in [0, 0.1) is 13.8 Å². The molecule has 5 nitrogen and oxygen atoms in total. The van der Waals surface area contributed by atoms with E-state index in [1.54, 1.807) is 19.2 Å². The maximum Gasteiger partial charge on any atom is 0.269 e. The van der Waals surface area contributed by atoms with Crippen LogP contribution in [-0.2, 0) is 16.4 Å². The minimum atomic E-state index is -3.65. The van der Waals surface area contributed by atoms with Gasteiger partial charge >= 0.3 is 0 Å². The topological polar surface area (TPSA) is 51.5 Å². The fourth-order valence-corrected chi connectivity index (χ4v) is 5.83. The third kappa shape index (κ3) is 2.58. The van der Waals surface area contributed by atoms with Gasteiger partial charge in [0, 0.05) is 28.8 Å². The molecule has 0 aliphatic carbocycles. The SMILES string of the molecule is COc1ccc2c(c1)-c1cc(C)cc3c(CCN(C)C)c(C)n(c13)S2(=O)=O. The maximum absolute atomic E-state index is 13.5. The molecule has 0 fully saturated rings. The molecule has 0 saturated carbocycles. The average molecular weight is 385 g/mol. The quantitative estimate of drug-likeness (QED) is 0.540. The fourth-order valence-electron chi connectivity index (χ4n) is 4.04. The first-order valence-corrected chi connectivity index (χ1v) is 10.4. The first kappa shape index (κ1) is 18.1. The number of hydrogen-bond acceptors (Lipinski definition) is 4. The summed E-state index contributed by atoms with van der Waals surface area (Å²) in [5.74, 6) is 0.656. The molecule has 3 aromatic rings. The standard InChI is InChI=1S/C21H24N2O3S/c1-13-10-18-16(8-9-22(3)4)14(2)23-21(18)19(11-13)17-12-15(26-5)6-7-20(17)27(23,24)25/h6-7,10-12H,8-9H2,1-5H3. The van der Waals surface area contributed by atoms with E-state index in [-0.39, 0.29) is 0 Å². The van der Waals surface area contributed by atoms with Crippen LogP contribution in [0.2, 0.25) is 0 Å². The van der Waals surface area contributed by atoms with Gasteiger partial charge in [-0.2, -0.15) is 0 Å². The molecule has 1 aliphatic rings. The Balaban J connectivity index is 2.12. The van der Waals surface area contributed by atoms with E-state index in [4.69, 9.17) is 4.74 Å². The van der Waals surface area contributed by atoms with Crippen LogP contribution in [-0.4, -0.2) is 45.0 Å². The van der Waals surface area contributed by atoms with E-state index < -0.39 is 10.0 Å². The van der Waals surface area contributed by atoms with Crippen molar-refractivity contribution in [2.45, 2.75) is 25.2 Å². The molecule has 142 valence electrons. The van der Waals surface area contributed by atoms with Gasteiger partial charge in [0.15, 0.2) is 0 Å². The number of aryl methyl sites for hydroxylation is 1. The Morgan fingerprint density at radius 1 is 1.07 bits per heavy atom. The van der Waals surface area contributed by atoms with Crippen molar-refractivity contribution in [2.75, 3.05) is 27.7 Å². The summed E-state index contributed by atoms with van der Waals surface area (Å²) in [4.78, 5) is 2.45. The van der Waals surface area contributed by atoms with Gasteiger partial charge in [0.1, 0.15) is 5.75 Å². The summed E-state index contributed by atoms with van der Waals surface area (Å²) in [6, 6.07) is 9.36. The van der Waals surface area contributed by atoms with E-state index in [0.29, 0.717) is 16.2 Å². The van der Waals surface area contributed by atoms with Crippen LogP contribution in [0.3, 0.4) is 0 Å². The molecule has 0 N–H and O–H groups in total. The summed E-state index contributed by atoms with van der Waals surface area (Å²) in [5, 5.41) is 1.03. The Bertz CT molecular complexity index is 1170. The maximum atomic E-state index is 13.5. The van der Waals surface area contributed by atoms with Gasteiger partial charge in [0.25, 0.3) is 10.0 Å². The van der Waals surface area contributed by atoms with Crippen molar-refractivity contribution in [3.63, 3.8) is 0 Å². The number of hydrogen-bond donors (Lipinski definition) is 0. The zero-order chi connectivity index (χ0) is 19.5. The highest BCUT2D eigenvalue weighted by Crippen LogP contribution is 2.45. The van der Waals surface area contributed by atoms with Gasteiger partial charge in [-0.05, 0) is 75.8 Å². The van der Waals surface area contributed by atoms with E-state index in [1.807, 2.05) is 27.1 Å². The van der Waals surface area contributed by atoms with Crippen LogP contribution in [0.25, 0.3) is 22.0 Å². The number of aromatic nitrogens is 1. The third-order valence-corrected chi connectivity index (χ3v) is 7.18. The van der Waals surface area contributed by atoms with Crippen molar-refractivity contribution in [2.24, 2.45) is 0 Å². The van der Waals surface area contributed by atoms with Crippen LogP contribution in [0.5, 0.6) is 5.75 Å². The normalized spacial score (nSPS) is 14.6. The summed E-state index contributed by atoms with van der Waals surface area (Å²) in [6.07, 6.45) is 0.806. The van der Waals surface area contributed by atoms with Gasteiger partial charge in [-0.1, -0.05) is 0 Å². The van der Waals surface area contributed by atoms with Crippen molar-refractivity contribution in [1.82, 2.24) is 8.87 Å². The monoisotopic (exact) mass is 384 g/mol. The Kier molecular flexibility index (Phi) is 4.09. The van der Waals surface area contributed by atoms with Crippen molar-refractivity contribution >= 4 is 20.9 Å². The number of nitrogens with zero attached hydrogens (tertiary/aromatic N) is 2. The van der Waals surface area contributed by atoms with Crippen molar-refractivity contribution in [1.29, 1.82) is 0 Å². The first-order valence-electron chi connectivity index (χ1n) is 8.99. The molecule has 0 amide bonds. The number of ether oxygens (including phenoxy) is 1. The summed E-state index contributed by atoms with van der Waals surface area (Å²) in [5.41, 5.74) is 5.48. The van der Waals surface area contributed by atoms with E-state index in [1.165, 1.54) is 3.97 Å². The highest BCUT2D eigenvalue weighted by atomic mass is 32.2. The second kappa shape index (κ2) is 6.11. The van der Waals surface area contributed by atoms with E-state index in [9.17, 15) is 8.42 Å². The zero-order valence-corrected chi connectivity index (χ0v) is 17.1. The number of methoxy groups -OCH3 is 1. The summed E-state index contributed by atoms with van der Waals surface area (Å²) in [6.45, 7) is 4.83. The molecule has 0 spiro atoms. The minimum absolute atomic E-state index is 0.334. The number of likely N-dealkylation sites (N-methyl/N-ethyl adjacent to an activating group) is 1. The van der Waals surface area contributed by atoms with Gasteiger partial charge in [0.2, 0.25) is 0 Å². The van der Waals surface area contributed by atoms with Crippen LogP contribution < -0.4 is 4.74 Å². The van der Waals surface area contributed by atoms with Crippen molar-refractivity contribution in [3.05, 3.63) is 47.2 Å². The Labute approximate surface area is 160 Å². The molecule has 2 aromatic carbocycles. The first-order chi connectivity index (χ1) is 12.8. The molecule has 0 bridgehead atoms. The van der Waals surface area contributed by atoms with E-state index in [0.717, 1.165) is 46.3 Å². The molecule has 1 aliphatic heterocycles. The Morgan fingerprint density at radius 3 is 2.48 bits per heavy atom. The molecule has 0 atom stereocenters. The van der Waals surface area contributed by atoms with Crippen LogP contribution in [0.1, 0.15) is 16.8 Å².